The molecule has 0 spiro atoms. The molecule has 0 radical (unpaired) electrons. The minimum atomic E-state index is -0.159. The van der Waals surface area contributed by atoms with Crippen molar-refractivity contribution in [3.8, 4) is 0 Å². The van der Waals surface area contributed by atoms with Crippen LogP contribution in [0.15, 0.2) is 24.5 Å². The van der Waals surface area contributed by atoms with Crippen molar-refractivity contribution in [2.75, 3.05) is 5.43 Å². The van der Waals surface area contributed by atoms with Crippen molar-refractivity contribution in [3.05, 3.63) is 41.5 Å². The fraction of sp³-hybridized carbons (Fsp3) is 0.250. The van der Waals surface area contributed by atoms with Gasteiger partial charge in [0.15, 0.2) is 5.82 Å². The first-order chi connectivity index (χ1) is 9.10. The van der Waals surface area contributed by atoms with E-state index in [9.17, 15) is 4.79 Å². The zero-order chi connectivity index (χ0) is 13.8. The molecule has 0 aliphatic rings. The Kier molecular flexibility index (Phi) is 3.76. The third-order valence-electron chi connectivity index (χ3n) is 2.69. The van der Waals surface area contributed by atoms with Gasteiger partial charge in [-0.25, -0.2) is 4.98 Å². The highest BCUT2D eigenvalue weighted by atomic mass is 16.1. The predicted octanol–water partition coefficient (Wildman–Crippen LogP) is 0.339. The van der Waals surface area contributed by atoms with Crippen LogP contribution in [-0.2, 0) is 13.6 Å². The number of nitrogens with two attached hydrogens (primary N) is 1. The van der Waals surface area contributed by atoms with Crippen LogP contribution in [0, 0.1) is 6.92 Å². The summed E-state index contributed by atoms with van der Waals surface area (Å²) in [7, 11) is 1.78. The number of anilines is 1. The molecule has 0 saturated carbocycles. The van der Waals surface area contributed by atoms with Crippen molar-refractivity contribution in [1.82, 2.24) is 20.1 Å². The van der Waals surface area contributed by atoms with Crippen molar-refractivity contribution in [2.45, 2.75) is 13.5 Å². The second kappa shape index (κ2) is 5.49. The minimum absolute atomic E-state index is 0.159. The van der Waals surface area contributed by atoms with Crippen LogP contribution in [0.1, 0.15) is 21.7 Å². The first-order valence-electron chi connectivity index (χ1n) is 5.80. The molecule has 100 valence electrons. The summed E-state index contributed by atoms with van der Waals surface area (Å²) in [6, 6.07) is 5.29. The normalized spacial score (nSPS) is 10.3. The van der Waals surface area contributed by atoms with Crippen LogP contribution in [0.4, 0.5) is 5.69 Å². The number of hydrogen-bond donors (Lipinski definition) is 3. The molecule has 0 saturated heterocycles. The van der Waals surface area contributed by atoms with Crippen molar-refractivity contribution < 1.29 is 4.79 Å². The zero-order valence-electron chi connectivity index (χ0n) is 10.8. The van der Waals surface area contributed by atoms with Gasteiger partial charge in [0.25, 0.3) is 5.91 Å². The van der Waals surface area contributed by atoms with E-state index in [-0.39, 0.29) is 5.91 Å². The van der Waals surface area contributed by atoms with Gasteiger partial charge in [0.2, 0.25) is 0 Å². The van der Waals surface area contributed by atoms with Crippen molar-refractivity contribution in [2.24, 2.45) is 12.9 Å². The smallest absolute Gasteiger partial charge is 0.251 e. The second-order valence-corrected chi connectivity index (χ2v) is 4.19. The number of aryl methyl sites for hydroxylation is 2. The lowest BCUT2D eigenvalue weighted by Crippen LogP contribution is -2.24. The van der Waals surface area contributed by atoms with E-state index in [0.717, 1.165) is 11.3 Å². The highest BCUT2D eigenvalue weighted by Gasteiger charge is 2.10. The molecule has 19 heavy (non-hydrogen) atoms. The van der Waals surface area contributed by atoms with Gasteiger partial charge in [-0.2, -0.15) is 5.10 Å². The Balaban J connectivity index is 2.03. The first kappa shape index (κ1) is 13.0. The molecule has 1 aromatic heterocycles. The van der Waals surface area contributed by atoms with Crippen LogP contribution in [-0.4, -0.2) is 20.7 Å². The maximum atomic E-state index is 12.0. The summed E-state index contributed by atoms with van der Waals surface area (Å²) in [5.41, 5.74) is 4.76. The van der Waals surface area contributed by atoms with E-state index in [4.69, 9.17) is 5.84 Å². The Morgan fingerprint density at radius 3 is 2.84 bits per heavy atom. The molecule has 4 N–H and O–H groups in total. The third kappa shape index (κ3) is 3.08. The SMILES string of the molecule is Cc1cc(NN)ccc1C(=O)NCc1ncn(C)n1. The number of nitrogen functional groups attached to an aromatic ring is 1. The Hall–Kier alpha value is -2.41. The van der Waals surface area contributed by atoms with Gasteiger partial charge in [0, 0.05) is 18.3 Å². The molecule has 7 heteroatoms. The summed E-state index contributed by atoms with van der Waals surface area (Å²) in [4.78, 5) is 16.1. The Bertz CT molecular complexity index is 592. The average Bonchev–Trinajstić information content (AvgIpc) is 2.81. The van der Waals surface area contributed by atoms with Crippen LogP contribution in [0.2, 0.25) is 0 Å². The number of benzene rings is 1. The summed E-state index contributed by atoms with van der Waals surface area (Å²) in [5.74, 6) is 5.73. The van der Waals surface area contributed by atoms with Gasteiger partial charge in [-0.15, -0.1) is 0 Å². The largest absolute Gasteiger partial charge is 0.345 e. The molecule has 0 aliphatic carbocycles. The van der Waals surface area contributed by atoms with Crippen molar-refractivity contribution in [1.29, 1.82) is 0 Å². The number of rotatable bonds is 4. The van der Waals surface area contributed by atoms with Gasteiger partial charge >= 0.3 is 0 Å². The van der Waals surface area contributed by atoms with Gasteiger partial charge in [-0.3, -0.25) is 15.3 Å². The standard InChI is InChI=1S/C12H16N6O/c1-8-5-9(16-13)3-4-10(8)12(19)14-6-11-15-7-18(2)17-11/h3-5,7,16H,6,13H2,1-2H3,(H,14,19). The molecule has 0 atom stereocenters. The minimum Gasteiger partial charge on any atom is -0.345 e. The molecular formula is C12H16N6O. The number of nitrogens with zero attached hydrogens (tertiary/aromatic N) is 3. The second-order valence-electron chi connectivity index (χ2n) is 4.19. The van der Waals surface area contributed by atoms with Crippen molar-refractivity contribution in [3.63, 3.8) is 0 Å². The van der Waals surface area contributed by atoms with Gasteiger partial charge in [-0.05, 0) is 30.7 Å². The average molecular weight is 260 g/mol. The van der Waals surface area contributed by atoms with E-state index < -0.39 is 0 Å². The number of nitrogens with one attached hydrogen (secondary N) is 2. The summed E-state index contributed by atoms with van der Waals surface area (Å²) in [6.45, 7) is 2.16. The van der Waals surface area contributed by atoms with E-state index in [1.54, 1.807) is 30.2 Å². The van der Waals surface area contributed by atoms with Crippen molar-refractivity contribution >= 4 is 11.6 Å². The fourth-order valence-corrected chi connectivity index (χ4v) is 1.73. The molecule has 1 heterocycles. The summed E-state index contributed by atoms with van der Waals surface area (Å²) < 4.78 is 1.59. The number of hydrogen-bond acceptors (Lipinski definition) is 5. The zero-order valence-corrected chi connectivity index (χ0v) is 10.8. The molecule has 2 rings (SSSR count). The maximum Gasteiger partial charge on any atom is 0.251 e. The highest BCUT2D eigenvalue weighted by molar-refractivity contribution is 5.95. The molecule has 0 unspecified atom stereocenters. The van der Waals surface area contributed by atoms with Gasteiger partial charge in [0.05, 0.1) is 6.54 Å². The van der Waals surface area contributed by atoms with Crippen LogP contribution >= 0.6 is 0 Å². The summed E-state index contributed by atoms with van der Waals surface area (Å²) in [5, 5.41) is 6.87. The first-order valence-corrected chi connectivity index (χ1v) is 5.80. The van der Waals surface area contributed by atoms with E-state index in [0.29, 0.717) is 17.9 Å². The van der Waals surface area contributed by atoms with E-state index >= 15 is 0 Å². The van der Waals surface area contributed by atoms with Gasteiger partial charge in [0.1, 0.15) is 6.33 Å². The molecular weight excluding hydrogens is 244 g/mol. The lowest BCUT2D eigenvalue weighted by atomic mass is 10.1. The quantitative estimate of drug-likeness (QED) is 0.544. The lowest BCUT2D eigenvalue weighted by molar-refractivity contribution is 0.0949. The van der Waals surface area contributed by atoms with Crippen LogP contribution < -0.4 is 16.6 Å². The lowest BCUT2D eigenvalue weighted by Gasteiger charge is -2.08. The number of carbonyl (C=O) groups excluding carboxylic acids is 1. The monoisotopic (exact) mass is 260 g/mol. The molecule has 0 aliphatic heterocycles. The van der Waals surface area contributed by atoms with Gasteiger partial charge < -0.3 is 10.7 Å². The molecule has 2 aromatic rings. The van der Waals surface area contributed by atoms with E-state index in [1.165, 1.54) is 0 Å². The summed E-state index contributed by atoms with van der Waals surface area (Å²) in [6.07, 6.45) is 1.59. The molecule has 0 bridgehead atoms. The maximum absolute atomic E-state index is 12.0. The predicted molar refractivity (Wildman–Crippen MR) is 71.2 cm³/mol. The highest BCUT2D eigenvalue weighted by Crippen LogP contribution is 2.14. The topological polar surface area (TPSA) is 97.9 Å². The Morgan fingerprint density at radius 2 is 2.26 bits per heavy atom. The molecule has 1 aromatic carbocycles. The van der Waals surface area contributed by atoms with Crippen LogP contribution in [0.3, 0.4) is 0 Å². The summed E-state index contributed by atoms with van der Waals surface area (Å²) >= 11 is 0. The van der Waals surface area contributed by atoms with E-state index in [1.807, 2.05) is 13.0 Å². The number of hydrazine groups is 1. The number of amides is 1. The number of carbonyl (C=O) groups is 1. The molecule has 1 amide bonds. The van der Waals surface area contributed by atoms with E-state index in [2.05, 4.69) is 20.8 Å². The molecule has 7 nitrogen and oxygen atoms in total. The molecule has 0 fully saturated rings. The van der Waals surface area contributed by atoms with Gasteiger partial charge in [-0.1, -0.05) is 0 Å². The Morgan fingerprint density at radius 1 is 1.47 bits per heavy atom. The fourth-order valence-electron chi connectivity index (χ4n) is 1.73. The van der Waals surface area contributed by atoms with Crippen LogP contribution in [0.25, 0.3) is 0 Å². The third-order valence-corrected chi connectivity index (χ3v) is 2.69. The number of aromatic nitrogens is 3. The van der Waals surface area contributed by atoms with Crippen LogP contribution in [0.5, 0.6) is 0 Å². The Labute approximate surface area is 110 Å².